The number of aromatic nitrogens is 3. The van der Waals surface area contributed by atoms with Crippen LogP contribution in [0.5, 0.6) is 0 Å². The van der Waals surface area contributed by atoms with Crippen LogP contribution in [0.4, 0.5) is 0 Å². The highest BCUT2D eigenvalue weighted by molar-refractivity contribution is 5.85. The third-order valence-electron chi connectivity index (χ3n) is 4.49. The van der Waals surface area contributed by atoms with Gasteiger partial charge in [0.15, 0.2) is 11.5 Å². The molecule has 1 aromatic carbocycles. The molecule has 0 aliphatic heterocycles. The third-order valence-corrected chi connectivity index (χ3v) is 4.49. The molecule has 0 aliphatic carbocycles. The number of nitrogens with one attached hydrogen (secondary N) is 1. The fraction of sp³-hybridized carbons (Fsp3) is 0.333. The number of nitrogens with zero attached hydrogens (tertiary/aromatic N) is 3. The molecule has 2 heterocycles. The van der Waals surface area contributed by atoms with Gasteiger partial charge in [0, 0.05) is 5.69 Å². The predicted octanol–water partition coefficient (Wildman–Crippen LogP) is 0.868. The van der Waals surface area contributed by atoms with Gasteiger partial charge >= 0.3 is 0 Å². The molecule has 0 unspecified atom stereocenters. The molecule has 0 saturated carbocycles. The summed E-state index contributed by atoms with van der Waals surface area (Å²) in [6.45, 7) is 3.74. The van der Waals surface area contributed by atoms with Crippen LogP contribution in [0.15, 0.2) is 48.5 Å². The van der Waals surface area contributed by atoms with Gasteiger partial charge < -0.3 is 21.5 Å². The summed E-state index contributed by atoms with van der Waals surface area (Å²) in [6.07, 6.45) is 0.0102. The Balaban J connectivity index is 1.90. The van der Waals surface area contributed by atoms with Crippen molar-refractivity contribution in [2.75, 3.05) is 6.61 Å². The number of carbonyl (C=O) groups is 2. The molecule has 5 N–H and O–H groups in total. The zero-order chi connectivity index (χ0) is 21.7. The number of benzene rings is 1. The molecule has 0 saturated heterocycles. The van der Waals surface area contributed by atoms with E-state index in [1.54, 1.807) is 36.4 Å². The summed E-state index contributed by atoms with van der Waals surface area (Å²) in [7, 11) is 0. The molecule has 0 bridgehead atoms. The quantitative estimate of drug-likeness (QED) is 0.478. The van der Waals surface area contributed by atoms with E-state index in [2.05, 4.69) is 15.5 Å². The average molecular weight is 410 g/mol. The summed E-state index contributed by atoms with van der Waals surface area (Å²) < 4.78 is 7.57. The van der Waals surface area contributed by atoms with Crippen LogP contribution in [0.25, 0.3) is 5.65 Å². The first-order valence-corrected chi connectivity index (χ1v) is 9.58. The maximum atomic E-state index is 12.6. The van der Waals surface area contributed by atoms with Crippen LogP contribution in [-0.4, -0.2) is 38.6 Å². The second-order valence-corrected chi connectivity index (χ2v) is 7.66. The van der Waals surface area contributed by atoms with Gasteiger partial charge in [0.2, 0.25) is 11.8 Å². The summed E-state index contributed by atoms with van der Waals surface area (Å²) in [6, 6.07) is 14.4. The molecule has 30 heavy (non-hydrogen) atoms. The zero-order valence-electron chi connectivity index (χ0n) is 17.0. The second-order valence-electron chi connectivity index (χ2n) is 7.66. The van der Waals surface area contributed by atoms with Gasteiger partial charge in [-0.2, -0.15) is 0 Å². The Kier molecular flexibility index (Phi) is 6.43. The first-order chi connectivity index (χ1) is 14.3. The van der Waals surface area contributed by atoms with Crippen molar-refractivity contribution < 1.29 is 14.3 Å². The monoisotopic (exact) mass is 410 g/mol. The molecule has 1 atom stereocenters. The van der Waals surface area contributed by atoms with Gasteiger partial charge in [-0.25, -0.2) is 0 Å². The number of hydrogen-bond donors (Lipinski definition) is 3. The number of fused-ring (bicyclic) bond motifs is 1. The van der Waals surface area contributed by atoms with E-state index in [0.717, 1.165) is 5.56 Å². The maximum Gasteiger partial charge on any atom is 0.240 e. The highest BCUT2D eigenvalue weighted by atomic mass is 16.5. The normalized spacial score (nSPS) is 12.6. The van der Waals surface area contributed by atoms with Crippen LogP contribution in [-0.2, 0) is 27.4 Å². The van der Waals surface area contributed by atoms with Crippen LogP contribution in [0.3, 0.4) is 0 Å². The predicted molar refractivity (Wildman–Crippen MR) is 111 cm³/mol. The number of primary amides is 1. The molecule has 0 fully saturated rings. The molecule has 2 aromatic heterocycles. The standard InChI is InChI=1S/C21H26N6O3/c1-21(2,23)20(29)24-16(13-30-12-14-7-4-3-5-8-14)19-26-25-18-10-6-9-15(27(18)19)11-17(22)28/h3-10,16H,11-13,23H2,1-2H3,(H2,22,28)(H,24,29)/t16-/m1/s1. The van der Waals surface area contributed by atoms with Crippen LogP contribution in [0.2, 0.25) is 0 Å². The molecule has 158 valence electrons. The van der Waals surface area contributed by atoms with Gasteiger partial charge in [-0.05, 0) is 31.5 Å². The van der Waals surface area contributed by atoms with Crippen molar-refractivity contribution in [3.05, 3.63) is 65.6 Å². The zero-order valence-corrected chi connectivity index (χ0v) is 17.0. The van der Waals surface area contributed by atoms with Gasteiger partial charge in [0.1, 0.15) is 6.04 Å². The fourth-order valence-electron chi connectivity index (χ4n) is 2.97. The van der Waals surface area contributed by atoms with Crippen LogP contribution < -0.4 is 16.8 Å². The second kappa shape index (κ2) is 9.02. The summed E-state index contributed by atoms with van der Waals surface area (Å²) in [5.74, 6) is -0.404. The fourth-order valence-corrected chi connectivity index (χ4v) is 2.97. The van der Waals surface area contributed by atoms with Crippen LogP contribution in [0.1, 0.15) is 37.0 Å². The van der Waals surface area contributed by atoms with Crippen molar-refractivity contribution in [1.29, 1.82) is 0 Å². The molecule has 0 aliphatic rings. The Morgan fingerprint density at radius 3 is 2.53 bits per heavy atom. The van der Waals surface area contributed by atoms with Gasteiger partial charge in [-0.1, -0.05) is 36.4 Å². The molecule has 9 heteroatoms. The van der Waals surface area contributed by atoms with Crippen molar-refractivity contribution in [1.82, 2.24) is 19.9 Å². The third kappa shape index (κ3) is 5.19. The lowest BCUT2D eigenvalue weighted by molar-refractivity contribution is -0.126. The van der Waals surface area contributed by atoms with E-state index in [-0.39, 0.29) is 18.9 Å². The Labute approximate surface area is 174 Å². The van der Waals surface area contributed by atoms with Crippen LogP contribution in [0, 0.1) is 0 Å². The maximum absolute atomic E-state index is 12.6. The smallest absolute Gasteiger partial charge is 0.240 e. The van der Waals surface area contributed by atoms with E-state index >= 15 is 0 Å². The Hall–Kier alpha value is -3.30. The lowest BCUT2D eigenvalue weighted by Crippen LogP contribution is -2.51. The first-order valence-electron chi connectivity index (χ1n) is 9.58. The Morgan fingerprint density at radius 2 is 1.87 bits per heavy atom. The van der Waals surface area contributed by atoms with Gasteiger partial charge in [-0.15, -0.1) is 10.2 Å². The van der Waals surface area contributed by atoms with E-state index in [0.29, 0.717) is 23.8 Å². The van der Waals surface area contributed by atoms with Crippen molar-refractivity contribution in [2.45, 2.75) is 38.5 Å². The van der Waals surface area contributed by atoms with Crippen molar-refractivity contribution in [3.63, 3.8) is 0 Å². The Morgan fingerprint density at radius 1 is 1.13 bits per heavy atom. The molecule has 2 amide bonds. The van der Waals surface area contributed by atoms with E-state index in [1.165, 1.54) is 0 Å². The minimum Gasteiger partial charge on any atom is -0.374 e. The highest BCUT2D eigenvalue weighted by Crippen LogP contribution is 2.18. The van der Waals surface area contributed by atoms with Gasteiger partial charge in [0.25, 0.3) is 0 Å². The van der Waals surface area contributed by atoms with E-state index < -0.39 is 17.5 Å². The topological polar surface area (TPSA) is 138 Å². The highest BCUT2D eigenvalue weighted by Gasteiger charge is 2.28. The lowest BCUT2D eigenvalue weighted by atomic mass is 10.1. The lowest BCUT2D eigenvalue weighted by Gasteiger charge is -2.24. The van der Waals surface area contributed by atoms with Crippen molar-refractivity contribution in [3.8, 4) is 0 Å². The minimum absolute atomic E-state index is 0.0102. The van der Waals surface area contributed by atoms with Gasteiger partial charge in [-0.3, -0.25) is 14.0 Å². The van der Waals surface area contributed by atoms with Crippen LogP contribution >= 0.6 is 0 Å². The Bertz CT molecular complexity index is 1030. The number of carbonyl (C=O) groups excluding carboxylic acids is 2. The average Bonchev–Trinajstić information content (AvgIpc) is 3.12. The molecule has 0 spiro atoms. The van der Waals surface area contributed by atoms with Crippen molar-refractivity contribution >= 4 is 17.5 Å². The molecule has 3 rings (SSSR count). The molecule has 0 radical (unpaired) electrons. The summed E-state index contributed by atoms with van der Waals surface area (Å²) in [5.41, 5.74) is 12.4. The molecule has 3 aromatic rings. The summed E-state index contributed by atoms with van der Waals surface area (Å²) >= 11 is 0. The summed E-state index contributed by atoms with van der Waals surface area (Å²) in [4.78, 5) is 24.1. The number of nitrogens with two attached hydrogens (primary N) is 2. The van der Waals surface area contributed by atoms with E-state index in [4.69, 9.17) is 16.2 Å². The van der Waals surface area contributed by atoms with Crippen molar-refractivity contribution in [2.24, 2.45) is 11.5 Å². The minimum atomic E-state index is -1.09. The first kappa shape index (κ1) is 21.4. The SMILES string of the molecule is CC(C)(N)C(=O)N[C@H](COCc1ccccc1)c1nnc2cccc(CC(N)=O)n12. The van der Waals surface area contributed by atoms with E-state index in [1.807, 2.05) is 30.3 Å². The number of ether oxygens (including phenoxy) is 1. The number of rotatable bonds is 9. The molecule has 9 nitrogen and oxygen atoms in total. The number of pyridine rings is 1. The van der Waals surface area contributed by atoms with Gasteiger partial charge in [0.05, 0.1) is 25.2 Å². The number of amides is 2. The summed E-state index contributed by atoms with van der Waals surface area (Å²) in [5, 5.41) is 11.3. The number of hydrogen-bond acceptors (Lipinski definition) is 6. The molecular weight excluding hydrogens is 384 g/mol. The largest absolute Gasteiger partial charge is 0.374 e. The molecular formula is C21H26N6O3. The van der Waals surface area contributed by atoms with E-state index in [9.17, 15) is 9.59 Å².